The molecule has 2 bridgehead atoms. The summed E-state index contributed by atoms with van der Waals surface area (Å²) in [6.07, 6.45) is -0.694. The van der Waals surface area contributed by atoms with E-state index in [1.54, 1.807) is 12.1 Å². The minimum atomic E-state index is -1.05. The van der Waals surface area contributed by atoms with Crippen molar-refractivity contribution in [1.29, 1.82) is 0 Å². The van der Waals surface area contributed by atoms with Gasteiger partial charge >= 0.3 is 0 Å². The Kier molecular flexibility index (Phi) is 4.22. The van der Waals surface area contributed by atoms with E-state index in [0.29, 0.717) is 18.9 Å². The minimum absolute atomic E-state index is 0.166. The molecule has 2 amide bonds. The number of imide groups is 1. The second-order valence-electron chi connectivity index (χ2n) is 7.46. The van der Waals surface area contributed by atoms with Gasteiger partial charge in [0.15, 0.2) is 6.29 Å². The lowest BCUT2D eigenvalue weighted by molar-refractivity contribution is -0.200. The third-order valence-electron chi connectivity index (χ3n) is 6.12. The lowest BCUT2D eigenvalue weighted by Gasteiger charge is -2.39. The Morgan fingerprint density at radius 3 is 2.22 bits per heavy atom. The minimum Gasteiger partial charge on any atom is -0.359 e. The lowest BCUT2D eigenvalue weighted by atomic mass is 9.67. The van der Waals surface area contributed by atoms with Crippen molar-refractivity contribution in [2.75, 3.05) is 18.1 Å². The van der Waals surface area contributed by atoms with E-state index in [1.165, 1.54) is 4.90 Å². The molecule has 5 rings (SSSR count). The highest BCUT2D eigenvalue weighted by atomic mass is 79.9. The van der Waals surface area contributed by atoms with Gasteiger partial charge in [-0.25, -0.2) is 4.90 Å². The van der Waals surface area contributed by atoms with E-state index < -0.39 is 29.3 Å². The highest BCUT2D eigenvalue weighted by Crippen LogP contribution is 2.66. The Morgan fingerprint density at radius 2 is 1.59 bits per heavy atom. The Labute approximate surface area is 181 Å². The number of hydrogen-bond donors (Lipinski definition) is 0. The molecule has 4 heterocycles. The Hall–Kier alpha value is -0.320. The van der Waals surface area contributed by atoms with Gasteiger partial charge in [0.1, 0.15) is 5.60 Å². The molecular formula is C18H16Br3NO5. The smallest absolute Gasteiger partial charge is 0.240 e. The van der Waals surface area contributed by atoms with Gasteiger partial charge in [0.25, 0.3) is 0 Å². The first-order valence-corrected chi connectivity index (χ1v) is 11.3. The molecule has 0 N–H and O–H groups in total. The molecule has 27 heavy (non-hydrogen) atoms. The van der Waals surface area contributed by atoms with Crippen LogP contribution in [-0.4, -0.2) is 52.2 Å². The van der Waals surface area contributed by atoms with Crippen molar-refractivity contribution in [1.82, 2.24) is 0 Å². The van der Waals surface area contributed by atoms with Crippen molar-refractivity contribution in [2.45, 2.75) is 34.1 Å². The van der Waals surface area contributed by atoms with Crippen molar-refractivity contribution in [2.24, 2.45) is 11.8 Å². The van der Waals surface area contributed by atoms with Crippen molar-refractivity contribution in [3.63, 3.8) is 0 Å². The van der Waals surface area contributed by atoms with Crippen LogP contribution in [0.4, 0.5) is 5.69 Å². The lowest BCUT2D eigenvalue weighted by Crippen LogP contribution is -2.59. The molecule has 0 aliphatic carbocycles. The summed E-state index contributed by atoms with van der Waals surface area (Å²) in [7, 11) is 0. The van der Waals surface area contributed by atoms with Crippen LogP contribution >= 0.6 is 47.8 Å². The molecular weight excluding hydrogens is 550 g/mol. The number of fused-ring (bicyclic) bond motifs is 5. The normalized spacial score (nSPS) is 43.8. The summed E-state index contributed by atoms with van der Waals surface area (Å²) in [5.41, 5.74) is -1.34. The molecule has 0 radical (unpaired) electrons. The second kappa shape index (κ2) is 6.09. The van der Waals surface area contributed by atoms with E-state index in [-0.39, 0.29) is 21.5 Å². The van der Waals surface area contributed by atoms with Gasteiger partial charge in [-0.3, -0.25) is 9.59 Å². The molecule has 6 nitrogen and oxygen atoms in total. The first-order chi connectivity index (χ1) is 12.8. The van der Waals surface area contributed by atoms with Crippen molar-refractivity contribution >= 4 is 65.3 Å². The van der Waals surface area contributed by atoms with E-state index in [9.17, 15) is 9.59 Å². The zero-order valence-corrected chi connectivity index (χ0v) is 19.0. The fraction of sp³-hybridized carbons (Fsp3) is 0.556. The predicted molar refractivity (Wildman–Crippen MR) is 107 cm³/mol. The maximum atomic E-state index is 13.5. The molecule has 0 spiro atoms. The molecule has 0 aromatic heterocycles. The molecule has 144 valence electrons. The summed E-state index contributed by atoms with van der Waals surface area (Å²) < 4.78 is 18.9. The highest BCUT2D eigenvalue weighted by molar-refractivity contribution is 9.12. The number of halogens is 3. The average molecular weight is 566 g/mol. The van der Waals surface area contributed by atoms with Crippen molar-refractivity contribution < 1.29 is 23.8 Å². The summed E-state index contributed by atoms with van der Waals surface area (Å²) in [6, 6.07) is 7.16. The van der Waals surface area contributed by atoms with Gasteiger partial charge in [-0.1, -0.05) is 47.8 Å². The average Bonchev–Trinajstić information content (AvgIpc) is 3.36. The van der Waals surface area contributed by atoms with Crippen LogP contribution in [0.3, 0.4) is 0 Å². The number of nitrogens with zero attached hydrogens (tertiary/aromatic N) is 1. The van der Waals surface area contributed by atoms with Crippen LogP contribution in [0.5, 0.6) is 0 Å². The number of carbonyl (C=O) groups is 2. The summed E-state index contributed by atoms with van der Waals surface area (Å²) in [5, 5.41) is 0. The van der Waals surface area contributed by atoms with Crippen LogP contribution in [0.25, 0.3) is 0 Å². The van der Waals surface area contributed by atoms with Gasteiger partial charge in [-0.05, 0) is 31.2 Å². The van der Waals surface area contributed by atoms with Gasteiger partial charge < -0.3 is 14.2 Å². The van der Waals surface area contributed by atoms with E-state index in [4.69, 9.17) is 14.2 Å². The third kappa shape index (κ3) is 2.21. The number of ether oxygens (including phenoxy) is 3. The van der Waals surface area contributed by atoms with Crippen LogP contribution in [-0.2, 0) is 23.8 Å². The van der Waals surface area contributed by atoms with Gasteiger partial charge in [-0.15, -0.1) is 0 Å². The highest BCUT2D eigenvalue weighted by Gasteiger charge is 2.82. The van der Waals surface area contributed by atoms with E-state index in [1.807, 2.05) is 19.1 Å². The topological polar surface area (TPSA) is 65.1 Å². The molecule has 4 aliphatic rings. The fourth-order valence-electron chi connectivity index (χ4n) is 4.97. The summed E-state index contributed by atoms with van der Waals surface area (Å²) in [6.45, 7) is 2.77. The van der Waals surface area contributed by atoms with Crippen molar-refractivity contribution in [3.05, 3.63) is 28.7 Å². The van der Waals surface area contributed by atoms with Crippen LogP contribution in [0.1, 0.15) is 6.92 Å². The van der Waals surface area contributed by atoms with E-state index in [2.05, 4.69) is 47.8 Å². The van der Waals surface area contributed by atoms with Crippen LogP contribution < -0.4 is 4.90 Å². The van der Waals surface area contributed by atoms with Gasteiger partial charge in [0.2, 0.25) is 11.8 Å². The van der Waals surface area contributed by atoms with Crippen LogP contribution in [0, 0.1) is 11.8 Å². The fourth-order valence-corrected chi connectivity index (χ4v) is 7.15. The monoisotopic (exact) mass is 563 g/mol. The number of anilines is 1. The van der Waals surface area contributed by atoms with Gasteiger partial charge in [-0.2, -0.15) is 0 Å². The number of hydrogen-bond acceptors (Lipinski definition) is 5. The molecule has 1 aromatic rings. The Morgan fingerprint density at radius 1 is 1.00 bits per heavy atom. The molecule has 6 atom stereocenters. The predicted octanol–water partition coefficient (Wildman–Crippen LogP) is 3.00. The van der Waals surface area contributed by atoms with E-state index in [0.717, 1.165) is 4.47 Å². The van der Waals surface area contributed by atoms with Crippen LogP contribution in [0.2, 0.25) is 0 Å². The largest absolute Gasteiger partial charge is 0.359 e. The maximum Gasteiger partial charge on any atom is 0.240 e. The number of benzene rings is 1. The molecule has 4 aliphatic heterocycles. The zero-order valence-electron chi connectivity index (χ0n) is 14.2. The zero-order chi connectivity index (χ0) is 19.1. The molecule has 9 heteroatoms. The Bertz CT molecular complexity index is 825. The number of amides is 2. The Balaban J connectivity index is 1.63. The van der Waals surface area contributed by atoms with Crippen molar-refractivity contribution in [3.8, 4) is 0 Å². The molecule has 6 unspecified atom stereocenters. The molecule has 4 fully saturated rings. The maximum absolute atomic E-state index is 13.5. The number of alkyl halides is 2. The van der Waals surface area contributed by atoms with E-state index >= 15 is 0 Å². The van der Waals surface area contributed by atoms with Crippen LogP contribution in [0.15, 0.2) is 28.7 Å². The second-order valence-corrected chi connectivity index (χ2v) is 10.3. The quantitative estimate of drug-likeness (QED) is 0.408. The standard InChI is InChI=1S/C18H16Br3NO5/c1-17-10-11(15(24)22(14(10)23)9-4-2-8(19)3-5-9)18(27-17,13(21)12(17)20)16-25-6-7-26-16/h2-5,10-13,16H,6-7H2,1H3. The third-order valence-corrected chi connectivity index (χ3v) is 10.0. The summed E-state index contributed by atoms with van der Waals surface area (Å²) in [5.74, 6) is -1.77. The molecule has 4 saturated heterocycles. The number of carbonyl (C=O) groups excluding carboxylic acids is 2. The summed E-state index contributed by atoms with van der Waals surface area (Å²) in [4.78, 5) is 27.8. The van der Waals surface area contributed by atoms with Gasteiger partial charge in [0.05, 0.1) is 46.0 Å². The first kappa shape index (κ1) is 18.7. The number of rotatable bonds is 2. The first-order valence-electron chi connectivity index (χ1n) is 8.67. The molecule has 0 saturated carbocycles. The summed E-state index contributed by atoms with van der Waals surface area (Å²) >= 11 is 10.8. The SMILES string of the molecule is CC12OC(C3OCCO3)(C(Br)C1Br)C1C(=O)N(c3ccc(Br)cc3)C(=O)C12. The van der Waals surface area contributed by atoms with Gasteiger partial charge in [0, 0.05) is 4.47 Å². The molecule has 1 aromatic carbocycles.